The number of hydrogen-bond acceptors (Lipinski definition) is 3. The van der Waals surface area contributed by atoms with E-state index in [2.05, 4.69) is 17.1 Å². The first-order valence-electron chi connectivity index (χ1n) is 6.32. The van der Waals surface area contributed by atoms with Gasteiger partial charge in [-0.05, 0) is 19.2 Å². The third-order valence-electron chi connectivity index (χ3n) is 3.06. The van der Waals surface area contributed by atoms with Crippen LogP contribution in [-0.2, 0) is 4.79 Å². The van der Waals surface area contributed by atoms with Crippen molar-refractivity contribution in [2.75, 3.05) is 33.2 Å². The Bertz CT molecular complexity index is 354. The van der Waals surface area contributed by atoms with Gasteiger partial charge in [0, 0.05) is 19.6 Å². The van der Waals surface area contributed by atoms with Gasteiger partial charge >= 0.3 is 5.97 Å². The first-order chi connectivity index (χ1) is 8.65. The zero-order valence-corrected chi connectivity index (χ0v) is 11.1. The van der Waals surface area contributed by atoms with Crippen LogP contribution in [0.3, 0.4) is 0 Å². The van der Waals surface area contributed by atoms with Crippen molar-refractivity contribution in [3.63, 3.8) is 0 Å². The van der Waals surface area contributed by atoms with Gasteiger partial charge in [-0.15, -0.1) is 0 Å². The van der Waals surface area contributed by atoms with Crippen molar-refractivity contribution in [2.45, 2.75) is 12.8 Å². The Balaban J connectivity index is 2.43. The van der Waals surface area contributed by atoms with Gasteiger partial charge in [0.2, 0.25) is 0 Å². The molecule has 1 atom stereocenters. The van der Waals surface area contributed by atoms with E-state index in [-0.39, 0.29) is 0 Å². The Kier molecular flexibility index (Phi) is 6.39. The Labute approximate surface area is 109 Å². The number of rotatable bonds is 8. The smallest absolute Gasteiger partial charge is 0.312 e. The van der Waals surface area contributed by atoms with E-state index in [1.54, 1.807) is 0 Å². The van der Waals surface area contributed by atoms with E-state index in [4.69, 9.17) is 0 Å². The zero-order chi connectivity index (χ0) is 13.4. The summed E-state index contributed by atoms with van der Waals surface area (Å²) in [4.78, 5) is 13.4. The molecule has 1 unspecified atom stereocenters. The molecule has 0 amide bonds. The molecule has 0 saturated carbocycles. The van der Waals surface area contributed by atoms with Gasteiger partial charge in [0.15, 0.2) is 0 Å². The highest BCUT2D eigenvalue weighted by Crippen LogP contribution is 2.14. The van der Waals surface area contributed by atoms with Gasteiger partial charge in [-0.25, -0.2) is 0 Å². The highest BCUT2D eigenvalue weighted by Gasteiger charge is 2.18. The summed E-state index contributed by atoms with van der Waals surface area (Å²) in [6.07, 6.45) is 0. The monoisotopic (exact) mass is 250 g/mol. The summed E-state index contributed by atoms with van der Waals surface area (Å²) < 4.78 is 0. The Morgan fingerprint density at radius 3 is 2.61 bits per heavy atom. The van der Waals surface area contributed by atoms with Gasteiger partial charge in [-0.3, -0.25) is 4.79 Å². The van der Waals surface area contributed by atoms with Crippen molar-refractivity contribution >= 4 is 5.97 Å². The van der Waals surface area contributed by atoms with Gasteiger partial charge < -0.3 is 15.3 Å². The number of carboxylic acid groups (broad SMARTS) is 1. The average molecular weight is 250 g/mol. The third-order valence-corrected chi connectivity index (χ3v) is 3.06. The van der Waals surface area contributed by atoms with Crippen molar-refractivity contribution in [3.8, 4) is 0 Å². The molecule has 0 aliphatic heterocycles. The van der Waals surface area contributed by atoms with Crippen molar-refractivity contribution in [1.29, 1.82) is 0 Å². The zero-order valence-electron chi connectivity index (χ0n) is 11.1. The number of likely N-dealkylation sites (N-methyl/N-ethyl adjacent to an activating group) is 1. The fourth-order valence-corrected chi connectivity index (χ4v) is 1.71. The predicted octanol–water partition coefficient (Wildman–Crippen LogP) is 1.40. The van der Waals surface area contributed by atoms with Crippen LogP contribution in [0.4, 0.5) is 0 Å². The van der Waals surface area contributed by atoms with E-state index in [1.807, 2.05) is 37.4 Å². The third kappa shape index (κ3) is 4.85. The molecule has 0 saturated heterocycles. The summed E-state index contributed by atoms with van der Waals surface area (Å²) in [5.74, 6) is -1.25. The number of carboxylic acids is 1. The first kappa shape index (κ1) is 14.7. The van der Waals surface area contributed by atoms with E-state index in [0.717, 1.165) is 25.2 Å². The molecule has 0 heterocycles. The van der Waals surface area contributed by atoms with E-state index in [9.17, 15) is 9.90 Å². The lowest BCUT2D eigenvalue weighted by molar-refractivity contribution is -0.138. The fourth-order valence-electron chi connectivity index (χ4n) is 1.71. The Morgan fingerprint density at radius 2 is 2.06 bits per heavy atom. The van der Waals surface area contributed by atoms with Crippen LogP contribution in [0.15, 0.2) is 30.3 Å². The molecular formula is C14H22N2O2. The highest BCUT2D eigenvalue weighted by molar-refractivity contribution is 5.76. The van der Waals surface area contributed by atoms with Gasteiger partial charge in [0.05, 0.1) is 5.92 Å². The average Bonchev–Trinajstić information content (AvgIpc) is 2.38. The molecule has 0 aliphatic carbocycles. The maximum atomic E-state index is 11.2. The van der Waals surface area contributed by atoms with Crippen LogP contribution in [0, 0.1) is 0 Å². The van der Waals surface area contributed by atoms with Crippen molar-refractivity contribution < 1.29 is 9.90 Å². The topological polar surface area (TPSA) is 52.6 Å². The van der Waals surface area contributed by atoms with Gasteiger partial charge in [-0.1, -0.05) is 37.3 Å². The predicted molar refractivity (Wildman–Crippen MR) is 72.9 cm³/mol. The standard InChI is InChI=1S/C14H22N2O2/c1-3-16(2)10-9-15-11-13(14(17)18)12-7-5-4-6-8-12/h4-8,13,15H,3,9-11H2,1-2H3,(H,17,18). The van der Waals surface area contributed by atoms with Crippen LogP contribution in [-0.4, -0.2) is 49.2 Å². The minimum Gasteiger partial charge on any atom is -0.481 e. The normalized spacial score (nSPS) is 12.6. The van der Waals surface area contributed by atoms with Crippen molar-refractivity contribution in [2.24, 2.45) is 0 Å². The van der Waals surface area contributed by atoms with E-state index in [0.29, 0.717) is 6.54 Å². The molecule has 0 fully saturated rings. The van der Waals surface area contributed by atoms with E-state index >= 15 is 0 Å². The SMILES string of the molecule is CCN(C)CCNCC(C(=O)O)c1ccccc1. The number of nitrogens with zero attached hydrogens (tertiary/aromatic N) is 1. The van der Waals surface area contributed by atoms with E-state index < -0.39 is 11.9 Å². The molecule has 18 heavy (non-hydrogen) atoms. The van der Waals surface area contributed by atoms with Crippen LogP contribution >= 0.6 is 0 Å². The minimum atomic E-state index is -0.780. The second kappa shape index (κ2) is 7.84. The van der Waals surface area contributed by atoms with Crippen molar-refractivity contribution in [1.82, 2.24) is 10.2 Å². The molecule has 0 radical (unpaired) electrons. The molecule has 1 aromatic carbocycles. The molecule has 0 bridgehead atoms. The summed E-state index contributed by atoms with van der Waals surface area (Å²) >= 11 is 0. The van der Waals surface area contributed by atoms with Gasteiger partial charge in [0.1, 0.15) is 0 Å². The van der Waals surface area contributed by atoms with Crippen LogP contribution in [0.2, 0.25) is 0 Å². The number of benzene rings is 1. The maximum Gasteiger partial charge on any atom is 0.312 e. The summed E-state index contributed by atoms with van der Waals surface area (Å²) in [6, 6.07) is 9.36. The van der Waals surface area contributed by atoms with Crippen LogP contribution < -0.4 is 5.32 Å². The molecule has 1 aromatic rings. The maximum absolute atomic E-state index is 11.2. The lowest BCUT2D eigenvalue weighted by atomic mass is 9.99. The molecule has 100 valence electrons. The second-order valence-electron chi connectivity index (χ2n) is 4.40. The molecule has 1 rings (SSSR count). The Morgan fingerprint density at radius 1 is 1.39 bits per heavy atom. The van der Waals surface area contributed by atoms with Crippen molar-refractivity contribution in [3.05, 3.63) is 35.9 Å². The first-order valence-corrected chi connectivity index (χ1v) is 6.32. The molecular weight excluding hydrogens is 228 g/mol. The summed E-state index contributed by atoms with van der Waals surface area (Å²) in [6.45, 7) is 5.31. The van der Waals surface area contributed by atoms with Gasteiger partial charge in [0.25, 0.3) is 0 Å². The summed E-state index contributed by atoms with van der Waals surface area (Å²) in [7, 11) is 2.05. The molecule has 0 aliphatic rings. The highest BCUT2D eigenvalue weighted by atomic mass is 16.4. The van der Waals surface area contributed by atoms with Gasteiger partial charge in [-0.2, -0.15) is 0 Å². The lowest BCUT2D eigenvalue weighted by Gasteiger charge is -2.17. The van der Waals surface area contributed by atoms with E-state index in [1.165, 1.54) is 0 Å². The number of carbonyl (C=O) groups is 1. The molecule has 0 spiro atoms. The fraction of sp³-hybridized carbons (Fsp3) is 0.500. The molecule has 2 N–H and O–H groups in total. The quantitative estimate of drug-likeness (QED) is 0.685. The molecule has 4 nitrogen and oxygen atoms in total. The Hall–Kier alpha value is -1.39. The summed E-state index contributed by atoms with van der Waals surface area (Å²) in [5, 5.41) is 12.4. The number of aliphatic carboxylic acids is 1. The van der Waals surface area contributed by atoms with Crippen LogP contribution in [0.1, 0.15) is 18.4 Å². The van der Waals surface area contributed by atoms with Crippen LogP contribution in [0.25, 0.3) is 0 Å². The molecule has 4 heteroatoms. The number of hydrogen-bond donors (Lipinski definition) is 2. The largest absolute Gasteiger partial charge is 0.481 e. The lowest BCUT2D eigenvalue weighted by Crippen LogP contribution is -2.33. The number of nitrogens with one attached hydrogen (secondary N) is 1. The second-order valence-corrected chi connectivity index (χ2v) is 4.40. The minimum absolute atomic E-state index is 0.469. The summed E-state index contributed by atoms with van der Waals surface area (Å²) in [5.41, 5.74) is 0.848. The van der Waals surface area contributed by atoms with Crippen LogP contribution in [0.5, 0.6) is 0 Å². The molecule has 0 aromatic heterocycles.